The van der Waals surface area contributed by atoms with Crippen LogP contribution in [0.5, 0.6) is 0 Å². The lowest BCUT2D eigenvalue weighted by Gasteiger charge is -2.46. The van der Waals surface area contributed by atoms with Crippen LogP contribution in [0.3, 0.4) is 0 Å². The van der Waals surface area contributed by atoms with Crippen LogP contribution in [0.1, 0.15) is 51.9 Å². The summed E-state index contributed by atoms with van der Waals surface area (Å²) in [4.78, 5) is 2.66. The maximum Gasteiger partial charge on any atom is 0.0707 e. The maximum absolute atomic E-state index is 9.89. The Morgan fingerprint density at radius 1 is 1.25 bits per heavy atom. The lowest BCUT2D eigenvalue weighted by atomic mass is 9.78. The molecule has 3 fully saturated rings. The van der Waals surface area contributed by atoms with E-state index in [0.717, 1.165) is 38.9 Å². The van der Waals surface area contributed by atoms with Crippen LogP contribution < -0.4 is 5.32 Å². The molecule has 4 nitrogen and oxygen atoms in total. The molecule has 116 valence electrons. The molecule has 2 aliphatic heterocycles. The highest BCUT2D eigenvalue weighted by atomic mass is 16.5. The fraction of sp³-hybridized carbons (Fsp3) is 1.00. The van der Waals surface area contributed by atoms with Crippen molar-refractivity contribution in [1.82, 2.24) is 10.2 Å². The molecule has 0 aromatic rings. The number of rotatable bonds is 5. The summed E-state index contributed by atoms with van der Waals surface area (Å²) in [5.41, 5.74) is -0.0315. The van der Waals surface area contributed by atoms with Crippen LogP contribution in [0.15, 0.2) is 0 Å². The summed E-state index contributed by atoms with van der Waals surface area (Å²) in [6, 6.07) is 0.632. The molecule has 20 heavy (non-hydrogen) atoms. The molecule has 4 heteroatoms. The first-order valence-corrected chi connectivity index (χ1v) is 8.50. The van der Waals surface area contributed by atoms with Crippen molar-refractivity contribution >= 4 is 0 Å². The smallest absolute Gasteiger partial charge is 0.0707 e. The van der Waals surface area contributed by atoms with E-state index in [1.54, 1.807) is 0 Å². The quantitative estimate of drug-likeness (QED) is 0.802. The third kappa shape index (κ3) is 3.03. The van der Waals surface area contributed by atoms with Crippen molar-refractivity contribution in [3.63, 3.8) is 0 Å². The third-order valence-electron chi connectivity index (χ3n) is 5.46. The minimum absolute atomic E-state index is 0.0315. The zero-order valence-electron chi connectivity index (χ0n) is 12.8. The Balaban J connectivity index is 1.62. The van der Waals surface area contributed by atoms with Gasteiger partial charge in [0.15, 0.2) is 0 Å². The number of morpholine rings is 1. The molecule has 0 radical (unpaired) electrons. The minimum Gasteiger partial charge on any atom is -0.394 e. The summed E-state index contributed by atoms with van der Waals surface area (Å²) in [5, 5.41) is 13.5. The van der Waals surface area contributed by atoms with E-state index < -0.39 is 0 Å². The van der Waals surface area contributed by atoms with Crippen LogP contribution in [0.4, 0.5) is 0 Å². The molecule has 4 unspecified atom stereocenters. The van der Waals surface area contributed by atoms with Crippen LogP contribution in [0, 0.1) is 0 Å². The number of hydrogen-bond acceptors (Lipinski definition) is 4. The number of nitrogens with one attached hydrogen (secondary N) is 1. The highest BCUT2D eigenvalue weighted by molar-refractivity contribution is 4.98. The van der Waals surface area contributed by atoms with Crippen molar-refractivity contribution in [2.24, 2.45) is 0 Å². The van der Waals surface area contributed by atoms with Gasteiger partial charge in [-0.25, -0.2) is 0 Å². The van der Waals surface area contributed by atoms with Crippen molar-refractivity contribution in [1.29, 1.82) is 0 Å². The molecular formula is C16H30N2O2. The Morgan fingerprint density at radius 2 is 2.00 bits per heavy atom. The van der Waals surface area contributed by atoms with Crippen molar-refractivity contribution in [2.45, 2.75) is 75.7 Å². The van der Waals surface area contributed by atoms with Gasteiger partial charge in [0.1, 0.15) is 0 Å². The maximum atomic E-state index is 9.89. The molecule has 3 rings (SSSR count). The molecule has 2 bridgehead atoms. The molecular weight excluding hydrogens is 252 g/mol. The SMILES string of the molecule is CCCNC1(CO)CCCC(N2CC3CCC(C2)O3)C1. The van der Waals surface area contributed by atoms with E-state index in [-0.39, 0.29) is 12.1 Å². The van der Waals surface area contributed by atoms with Gasteiger partial charge in [-0.15, -0.1) is 0 Å². The number of aliphatic hydroxyl groups is 1. The summed E-state index contributed by atoms with van der Waals surface area (Å²) >= 11 is 0. The van der Waals surface area contributed by atoms with Gasteiger partial charge in [0.2, 0.25) is 0 Å². The predicted octanol–water partition coefficient (Wildman–Crippen LogP) is 1.52. The van der Waals surface area contributed by atoms with E-state index in [1.807, 2.05) is 0 Å². The average molecular weight is 282 g/mol. The fourth-order valence-electron chi connectivity index (χ4n) is 4.34. The van der Waals surface area contributed by atoms with Crippen molar-refractivity contribution in [2.75, 3.05) is 26.2 Å². The van der Waals surface area contributed by atoms with Crippen molar-refractivity contribution in [3.8, 4) is 0 Å². The first-order chi connectivity index (χ1) is 9.74. The van der Waals surface area contributed by atoms with E-state index in [2.05, 4.69) is 17.1 Å². The minimum atomic E-state index is -0.0315. The average Bonchev–Trinajstić information content (AvgIpc) is 2.84. The first-order valence-electron chi connectivity index (χ1n) is 8.50. The van der Waals surface area contributed by atoms with Gasteiger partial charge in [0.25, 0.3) is 0 Å². The van der Waals surface area contributed by atoms with E-state index in [0.29, 0.717) is 18.2 Å². The molecule has 2 saturated heterocycles. The Bertz CT molecular complexity index is 314. The van der Waals surface area contributed by atoms with Crippen LogP contribution in [-0.4, -0.2) is 60.0 Å². The summed E-state index contributed by atoms with van der Waals surface area (Å²) < 4.78 is 5.95. The molecule has 0 amide bonds. The second-order valence-corrected chi connectivity index (χ2v) is 7.03. The second kappa shape index (κ2) is 6.30. The molecule has 0 aromatic carbocycles. The normalized spacial score (nSPS) is 42.0. The van der Waals surface area contributed by atoms with Crippen LogP contribution >= 0.6 is 0 Å². The second-order valence-electron chi connectivity index (χ2n) is 7.03. The zero-order chi connectivity index (χ0) is 14.0. The lowest BCUT2D eigenvalue weighted by Crippen LogP contribution is -2.58. The molecule has 3 aliphatic rings. The molecule has 4 atom stereocenters. The standard InChI is InChI=1S/C16H30N2O2/c1-2-8-17-16(12-19)7-3-4-13(9-16)18-10-14-5-6-15(11-18)20-14/h13-15,17,19H,2-12H2,1H3. The summed E-state index contributed by atoms with van der Waals surface area (Å²) in [6.45, 7) is 5.70. The third-order valence-corrected chi connectivity index (χ3v) is 5.46. The number of ether oxygens (including phenoxy) is 1. The Hall–Kier alpha value is -0.160. The number of hydrogen-bond donors (Lipinski definition) is 2. The molecule has 0 spiro atoms. The monoisotopic (exact) mass is 282 g/mol. The Kier molecular flexibility index (Phi) is 4.65. The number of nitrogens with zero attached hydrogens (tertiary/aromatic N) is 1. The van der Waals surface area contributed by atoms with Gasteiger partial charge in [-0.2, -0.15) is 0 Å². The zero-order valence-corrected chi connectivity index (χ0v) is 12.8. The summed E-state index contributed by atoms with van der Waals surface area (Å²) in [6.07, 6.45) is 9.31. The summed E-state index contributed by atoms with van der Waals surface area (Å²) in [5.74, 6) is 0. The van der Waals surface area contributed by atoms with Gasteiger partial charge in [-0.3, -0.25) is 4.90 Å². The van der Waals surface area contributed by atoms with Gasteiger partial charge in [0.05, 0.1) is 18.8 Å². The van der Waals surface area contributed by atoms with Crippen LogP contribution in [0.25, 0.3) is 0 Å². The number of likely N-dealkylation sites (tertiary alicyclic amines) is 1. The van der Waals surface area contributed by atoms with E-state index in [4.69, 9.17) is 4.74 Å². The first kappa shape index (κ1) is 14.8. The number of fused-ring (bicyclic) bond motifs is 2. The topological polar surface area (TPSA) is 44.7 Å². The van der Waals surface area contributed by atoms with Gasteiger partial charge in [-0.05, 0) is 51.5 Å². The van der Waals surface area contributed by atoms with Gasteiger partial charge in [-0.1, -0.05) is 6.92 Å². The van der Waals surface area contributed by atoms with E-state index in [9.17, 15) is 5.11 Å². The van der Waals surface area contributed by atoms with Gasteiger partial charge in [0, 0.05) is 24.7 Å². The van der Waals surface area contributed by atoms with Crippen LogP contribution in [-0.2, 0) is 4.74 Å². The van der Waals surface area contributed by atoms with E-state index in [1.165, 1.54) is 25.7 Å². The largest absolute Gasteiger partial charge is 0.394 e. The van der Waals surface area contributed by atoms with Crippen LogP contribution in [0.2, 0.25) is 0 Å². The molecule has 2 N–H and O–H groups in total. The van der Waals surface area contributed by atoms with E-state index >= 15 is 0 Å². The molecule has 1 saturated carbocycles. The lowest BCUT2D eigenvalue weighted by molar-refractivity contribution is -0.0653. The molecule has 2 heterocycles. The van der Waals surface area contributed by atoms with Crippen molar-refractivity contribution < 1.29 is 9.84 Å². The summed E-state index contributed by atoms with van der Waals surface area (Å²) in [7, 11) is 0. The Morgan fingerprint density at radius 3 is 2.65 bits per heavy atom. The molecule has 0 aromatic heterocycles. The number of aliphatic hydroxyl groups excluding tert-OH is 1. The highest BCUT2D eigenvalue weighted by Gasteiger charge is 2.41. The molecule has 1 aliphatic carbocycles. The van der Waals surface area contributed by atoms with Gasteiger partial charge >= 0.3 is 0 Å². The van der Waals surface area contributed by atoms with Crippen molar-refractivity contribution in [3.05, 3.63) is 0 Å². The fourth-order valence-corrected chi connectivity index (χ4v) is 4.34. The van der Waals surface area contributed by atoms with Gasteiger partial charge < -0.3 is 15.2 Å². The predicted molar refractivity (Wildman–Crippen MR) is 79.8 cm³/mol. The highest BCUT2D eigenvalue weighted by Crippen LogP contribution is 2.35. The Labute approximate surface area is 122 Å².